The molecule has 0 bridgehead atoms. The SMILES string of the molecule is Fc1cc(-n2ccnc2NC2CC2)c(F)cc1Br. The minimum atomic E-state index is -0.502. The normalized spacial score (nSPS) is 14.8. The van der Waals surface area contributed by atoms with E-state index in [1.165, 1.54) is 4.57 Å². The summed E-state index contributed by atoms with van der Waals surface area (Å²) in [6.07, 6.45) is 5.34. The van der Waals surface area contributed by atoms with Crippen LogP contribution in [0, 0.1) is 11.6 Å². The summed E-state index contributed by atoms with van der Waals surface area (Å²) in [5, 5.41) is 3.18. The zero-order valence-corrected chi connectivity index (χ0v) is 10.9. The van der Waals surface area contributed by atoms with E-state index in [2.05, 4.69) is 26.2 Å². The fourth-order valence-electron chi connectivity index (χ4n) is 1.71. The first-order chi connectivity index (χ1) is 8.65. The number of hydrogen-bond acceptors (Lipinski definition) is 2. The van der Waals surface area contributed by atoms with Crippen LogP contribution >= 0.6 is 15.9 Å². The van der Waals surface area contributed by atoms with Crippen molar-refractivity contribution >= 4 is 21.9 Å². The first kappa shape index (κ1) is 11.6. The molecule has 0 spiro atoms. The maximum Gasteiger partial charge on any atom is 0.207 e. The average molecular weight is 314 g/mol. The maximum atomic E-state index is 13.9. The second-order valence-corrected chi connectivity index (χ2v) is 5.11. The van der Waals surface area contributed by atoms with Crippen LogP contribution in [0.2, 0.25) is 0 Å². The molecule has 1 aliphatic carbocycles. The van der Waals surface area contributed by atoms with Crippen LogP contribution in [0.4, 0.5) is 14.7 Å². The summed E-state index contributed by atoms with van der Waals surface area (Å²) in [6, 6.07) is 2.67. The Kier molecular flexibility index (Phi) is 2.81. The smallest absolute Gasteiger partial charge is 0.207 e. The van der Waals surface area contributed by atoms with Gasteiger partial charge in [0, 0.05) is 24.5 Å². The fourth-order valence-corrected chi connectivity index (χ4v) is 2.03. The largest absolute Gasteiger partial charge is 0.353 e. The summed E-state index contributed by atoms with van der Waals surface area (Å²) in [4.78, 5) is 4.12. The number of nitrogens with zero attached hydrogens (tertiary/aromatic N) is 2. The van der Waals surface area contributed by atoms with Gasteiger partial charge in [0.05, 0.1) is 10.2 Å². The third kappa shape index (κ3) is 2.12. The van der Waals surface area contributed by atoms with E-state index in [1.54, 1.807) is 12.4 Å². The van der Waals surface area contributed by atoms with Gasteiger partial charge in [-0.3, -0.25) is 4.57 Å². The monoisotopic (exact) mass is 313 g/mol. The molecule has 1 aromatic heterocycles. The van der Waals surface area contributed by atoms with E-state index in [4.69, 9.17) is 0 Å². The Morgan fingerprint density at radius 1 is 1.28 bits per heavy atom. The highest BCUT2D eigenvalue weighted by atomic mass is 79.9. The van der Waals surface area contributed by atoms with Gasteiger partial charge >= 0.3 is 0 Å². The molecule has 1 aliphatic rings. The van der Waals surface area contributed by atoms with Gasteiger partial charge in [0.15, 0.2) is 0 Å². The number of nitrogens with one attached hydrogen (secondary N) is 1. The highest BCUT2D eigenvalue weighted by molar-refractivity contribution is 9.10. The van der Waals surface area contributed by atoms with Crippen molar-refractivity contribution < 1.29 is 8.78 Å². The summed E-state index contributed by atoms with van der Waals surface area (Å²) < 4.78 is 29.0. The third-order valence-corrected chi connectivity index (χ3v) is 3.41. The quantitative estimate of drug-likeness (QED) is 0.879. The zero-order chi connectivity index (χ0) is 12.7. The molecule has 1 fully saturated rings. The Morgan fingerprint density at radius 3 is 2.78 bits per heavy atom. The Balaban J connectivity index is 2.03. The number of hydrogen-bond donors (Lipinski definition) is 1. The lowest BCUT2D eigenvalue weighted by molar-refractivity contribution is 0.587. The number of imidazole rings is 1. The molecule has 0 unspecified atom stereocenters. The van der Waals surface area contributed by atoms with Crippen molar-refractivity contribution in [2.75, 3.05) is 5.32 Å². The number of aromatic nitrogens is 2. The van der Waals surface area contributed by atoms with Gasteiger partial charge in [0.1, 0.15) is 11.6 Å². The molecular weight excluding hydrogens is 304 g/mol. The predicted octanol–water partition coefficient (Wildman–Crippen LogP) is 3.49. The van der Waals surface area contributed by atoms with Crippen molar-refractivity contribution in [3.05, 3.63) is 40.6 Å². The molecule has 3 nitrogen and oxygen atoms in total. The summed E-state index contributed by atoms with van der Waals surface area (Å²) in [5.41, 5.74) is 0.149. The molecule has 0 atom stereocenters. The Bertz CT molecular complexity index is 593. The molecule has 2 aromatic rings. The van der Waals surface area contributed by atoms with Crippen LogP contribution in [-0.2, 0) is 0 Å². The van der Waals surface area contributed by atoms with Crippen molar-refractivity contribution in [2.24, 2.45) is 0 Å². The molecule has 0 aliphatic heterocycles. The van der Waals surface area contributed by atoms with E-state index in [-0.39, 0.29) is 10.2 Å². The molecular formula is C12H10BrF2N3. The third-order valence-electron chi connectivity index (χ3n) is 2.80. The molecule has 0 amide bonds. The van der Waals surface area contributed by atoms with Crippen LogP contribution in [0.1, 0.15) is 12.8 Å². The van der Waals surface area contributed by atoms with Gasteiger partial charge in [-0.25, -0.2) is 13.8 Å². The molecule has 1 N–H and O–H groups in total. The van der Waals surface area contributed by atoms with Crippen LogP contribution in [0.15, 0.2) is 29.0 Å². The van der Waals surface area contributed by atoms with Crippen molar-refractivity contribution in [1.82, 2.24) is 9.55 Å². The molecule has 1 heterocycles. The van der Waals surface area contributed by atoms with Gasteiger partial charge in [0.25, 0.3) is 0 Å². The van der Waals surface area contributed by atoms with Gasteiger partial charge in [-0.2, -0.15) is 0 Å². The topological polar surface area (TPSA) is 29.9 Å². The van der Waals surface area contributed by atoms with Gasteiger partial charge in [-0.1, -0.05) is 0 Å². The summed E-state index contributed by atoms with van der Waals surface area (Å²) in [6.45, 7) is 0. The Labute approximate surface area is 111 Å². The van der Waals surface area contributed by atoms with Crippen LogP contribution in [-0.4, -0.2) is 15.6 Å². The molecule has 94 valence electrons. The fraction of sp³-hybridized carbons (Fsp3) is 0.250. The van der Waals surface area contributed by atoms with Gasteiger partial charge in [-0.15, -0.1) is 0 Å². The first-order valence-corrected chi connectivity index (χ1v) is 6.39. The van der Waals surface area contributed by atoms with Crippen molar-refractivity contribution in [3.8, 4) is 5.69 Å². The van der Waals surface area contributed by atoms with Crippen LogP contribution in [0.25, 0.3) is 5.69 Å². The van der Waals surface area contributed by atoms with Crippen molar-refractivity contribution in [2.45, 2.75) is 18.9 Å². The van der Waals surface area contributed by atoms with Crippen LogP contribution < -0.4 is 5.32 Å². The lowest BCUT2D eigenvalue weighted by atomic mass is 10.3. The summed E-state index contributed by atoms with van der Waals surface area (Å²) in [5.74, 6) is -0.462. The highest BCUT2D eigenvalue weighted by Gasteiger charge is 2.23. The second-order valence-electron chi connectivity index (χ2n) is 4.26. The average Bonchev–Trinajstić information content (AvgIpc) is 3.02. The van der Waals surface area contributed by atoms with Crippen molar-refractivity contribution in [1.29, 1.82) is 0 Å². The van der Waals surface area contributed by atoms with E-state index in [1.807, 2.05) is 0 Å². The molecule has 0 radical (unpaired) electrons. The minimum absolute atomic E-state index is 0.112. The summed E-state index contributed by atoms with van der Waals surface area (Å²) in [7, 11) is 0. The standard InChI is InChI=1S/C12H10BrF2N3/c13-8-5-10(15)11(6-9(8)14)18-4-3-16-12(18)17-7-1-2-7/h3-7H,1-2H2,(H,16,17). The number of benzene rings is 1. The minimum Gasteiger partial charge on any atom is -0.353 e. The van der Waals surface area contributed by atoms with E-state index in [0.29, 0.717) is 12.0 Å². The van der Waals surface area contributed by atoms with E-state index in [9.17, 15) is 8.78 Å². The molecule has 3 rings (SSSR count). The van der Waals surface area contributed by atoms with Gasteiger partial charge in [0.2, 0.25) is 5.95 Å². The molecule has 1 aromatic carbocycles. The lowest BCUT2D eigenvalue weighted by Gasteiger charge is -2.10. The van der Waals surface area contributed by atoms with E-state index >= 15 is 0 Å². The Morgan fingerprint density at radius 2 is 2.06 bits per heavy atom. The zero-order valence-electron chi connectivity index (χ0n) is 9.33. The predicted molar refractivity (Wildman–Crippen MR) is 67.8 cm³/mol. The maximum absolute atomic E-state index is 13.9. The second kappa shape index (κ2) is 4.35. The van der Waals surface area contributed by atoms with Gasteiger partial charge in [-0.05, 0) is 34.8 Å². The van der Waals surface area contributed by atoms with Crippen LogP contribution in [0.3, 0.4) is 0 Å². The highest BCUT2D eigenvalue weighted by Crippen LogP contribution is 2.28. The van der Waals surface area contributed by atoms with E-state index in [0.717, 1.165) is 25.0 Å². The number of anilines is 1. The Hall–Kier alpha value is -1.43. The van der Waals surface area contributed by atoms with Crippen LogP contribution in [0.5, 0.6) is 0 Å². The number of halogens is 3. The molecule has 0 saturated heterocycles. The first-order valence-electron chi connectivity index (χ1n) is 5.60. The number of rotatable bonds is 3. The molecule has 18 heavy (non-hydrogen) atoms. The lowest BCUT2D eigenvalue weighted by Crippen LogP contribution is -2.09. The molecule has 6 heteroatoms. The van der Waals surface area contributed by atoms with E-state index < -0.39 is 11.6 Å². The summed E-state index contributed by atoms with van der Waals surface area (Å²) >= 11 is 2.96. The van der Waals surface area contributed by atoms with Gasteiger partial charge < -0.3 is 5.32 Å². The molecule has 1 saturated carbocycles. The van der Waals surface area contributed by atoms with Crippen molar-refractivity contribution in [3.63, 3.8) is 0 Å².